The van der Waals surface area contributed by atoms with E-state index in [4.69, 9.17) is 9.47 Å². The van der Waals surface area contributed by atoms with Gasteiger partial charge in [-0.25, -0.2) is 18.9 Å². The number of benzene rings is 2. The zero-order chi connectivity index (χ0) is 22.0. The molecule has 0 saturated carbocycles. The molecule has 0 bridgehead atoms. The Kier molecular flexibility index (Phi) is 5.40. The van der Waals surface area contributed by atoms with E-state index in [-0.39, 0.29) is 24.0 Å². The van der Waals surface area contributed by atoms with Gasteiger partial charge in [-0.05, 0) is 61.4 Å². The molecule has 0 aliphatic rings. The zero-order valence-corrected chi connectivity index (χ0v) is 17.3. The van der Waals surface area contributed by atoms with Crippen LogP contribution in [-0.4, -0.2) is 32.2 Å². The molecular weight excluding hydrogens is 398 g/mol. The molecule has 158 valence electrons. The van der Waals surface area contributed by atoms with Crippen LogP contribution in [0.2, 0.25) is 0 Å². The summed E-state index contributed by atoms with van der Waals surface area (Å²) in [6.45, 7) is 3.68. The minimum Gasteiger partial charge on any atom is -0.497 e. The Labute approximate surface area is 177 Å². The Morgan fingerprint density at radius 3 is 2.45 bits per heavy atom. The molecule has 9 heteroatoms. The fourth-order valence-electron chi connectivity index (χ4n) is 3.22. The lowest BCUT2D eigenvalue weighted by Crippen LogP contribution is -2.28. The summed E-state index contributed by atoms with van der Waals surface area (Å²) in [5, 5.41) is 6.99. The number of hydrogen-bond donors (Lipinski definition) is 1. The molecule has 0 aliphatic carbocycles. The Morgan fingerprint density at radius 2 is 1.77 bits per heavy atom. The Bertz CT molecular complexity index is 1290. The highest BCUT2D eigenvalue weighted by Gasteiger charge is 2.16. The fraction of sp³-hybridized carbons (Fsp3) is 0.182. The minimum atomic E-state index is -0.465. The van der Waals surface area contributed by atoms with Gasteiger partial charge < -0.3 is 14.8 Å². The van der Waals surface area contributed by atoms with Crippen LogP contribution >= 0.6 is 0 Å². The number of methoxy groups -OCH3 is 1. The summed E-state index contributed by atoms with van der Waals surface area (Å²) in [5.41, 5.74) is 2.43. The molecule has 1 N–H and O–H groups in total. The number of carbonyl (C=O) groups excluding carboxylic acids is 1. The fourth-order valence-corrected chi connectivity index (χ4v) is 3.22. The molecule has 2 aromatic carbocycles. The SMILES string of the molecule is COc1ccc(NC(=O)Cn2nc3c(Oc4cc(C)cc(C)c4)nccn3c2=O)cc1. The predicted octanol–water partition coefficient (Wildman–Crippen LogP) is 2.95. The van der Waals surface area contributed by atoms with Crippen molar-refractivity contribution < 1.29 is 14.3 Å². The van der Waals surface area contributed by atoms with Gasteiger partial charge >= 0.3 is 5.69 Å². The third-order valence-electron chi connectivity index (χ3n) is 4.55. The summed E-state index contributed by atoms with van der Waals surface area (Å²) in [6, 6.07) is 12.7. The molecular formula is C22H21N5O4. The highest BCUT2D eigenvalue weighted by molar-refractivity contribution is 5.90. The van der Waals surface area contributed by atoms with Gasteiger partial charge in [-0.2, -0.15) is 0 Å². The van der Waals surface area contributed by atoms with Crippen LogP contribution in [0.25, 0.3) is 5.65 Å². The second-order valence-electron chi connectivity index (χ2n) is 7.07. The largest absolute Gasteiger partial charge is 0.497 e. The quantitative estimate of drug-likeness (QED) is 0.516. The summed E-state index contributed by atoms with van der Waals surface area (Å²) < 4.78 is 13.4. The van der Waals surface area contributed by atoms with Gasteiger partial charge in [0.25, 0.3) is 5.88 Å². The Balaban J connectivity index is 1.57. The molecule has 0 aliphatic heterocycles. The monoisotopic (exact) mass is 419 g/mol. The first-order valence-electron chi connectivity index (χ1n) is 9.57. The molecule has 9 nitrogen and oxygen atoms in total. The smallest absolute Gasteiger partial charge is 0.351 e. The molecule has 0 fully saturated rings. The summed E-state index contributed by atoms with van der Waals surface area (Å²) in [4.78, 5) is 29.3. The van der Waals surface area contributed by atoms with Crippen molar-refractivity contribution >= 4 is 17.2 Å². The highest BCUT2D eigenvalue weighted by atomic mass is 16.5. The van der Waals surface area contributed by atoms with Gasteiger partial charge in [0.2, 0.25) is 11.6 Å². The molecule has 0 unspecified atom stereocenters. The van der Waals surface area contributed by atoms with E-state index < -0.39 is 5.69 Å². The highest BCUT2D eigenvalue weighted by Crippen LogP contribution is 2.24. The molecule has 2 heterocycles. The van der Waals surface area contributed by atoms with Gasteiger partial charge in [0.1, 0.15) is 18.0 Å². The first-order chi connectivity index (χ1) is 14.9. The van der Waals surface area contributed by atoms with Crippen LogP contribution in [0, 0.1) is 13.8 Å². The van der Waals surface area contributed by atoms with Gasteiger partial charge in [0.05, 0.1) is 7.11 Å². The maximum Gasteiger partial charge on any atom is 0.351 e. The summed E-state index contributed by atoms with van der Waals surface area (Å²) in [5.74, 6) is 1.06. The van der Waals surface area contributed by atoms with E-state index in [2.05, 4.69) is 15.4 Å². The normalized spacial score (nSPS) is 10.8. The van der Waals surface area contributed by atoms with Gasteiger partial charge in [0, 0.05) is 18.1 Å². The first kappa shape index (κ1) is 20.1. The van der Waals surface area contributed by atoms with E-state index in [9.17, 15) is 9.59 Å². The second kappa shape index (κ2) is 8.31. The van der Waals surface area contributed by atoms with E-state index >= 15 is 0 Å². The number of ether oxygens (including phenoxy) is 2. The molecule has 0 atom stereocenters. The third kappa shape index (κ3) is 4.40. The standard InChI is InChI=1S/C22H21N5O4/c1-14-10-15(2)12-18(11-14)31-21-20-25-27(22(29)26(20)9-8-23-21)13-19(28)24-16-4-6-17(30-3)7-5-16/h4-12H,13H2,1-3H3,(H,24,28). The zero-order valence-electron chi connectivity index (χ0n) is 17.3. The number of fused-ring (bicyclic) bond motifs is 1. The van der Waals surface area contributed by atoms with Crippen LogP contribution in [0.4, 0.5) is 5.69 Å². The van der Waals surface area contributed by atoms with Crippen molar-refractivity contribution in [2.45, 2.75) is 20.4 Å². The molecule has 2 aromatic heterocycles. The number of rotatable bonds is 6. The maximum atomic E-state index is 12.7. The van der Waals surface area contributed by atoms with Crippen molar-refractivity contribution in [3.63, 3.8) is 0 Å². The van der Waals surface area contributed by atoms with Crippen LogP contribution in [-0.2, 0) is 11.3 Å². The van der Waals surface area contributed by atoms with Crippen LogP contribution < -0.4 is 20.5 Å². The predicted molar refractivity (Wildman–Crippen MR) is 115 cm³/mol. The van der Waals surface area contributed by atoms with Crippen molar-refractivity contribution in [2.24, 2.45) is 0 Å². The number of anilines is 1. The topological polar surface area (TPSA) is 99.8 Å². The second-order valence-corrected chi connectivity index (χ2v) is 7.07. The lowest BCUT2D eigenvalue weighted by molar-refractivity contribution is -0.117. The lowest BCUT2D eigenvalue weighted by atomic mass is 10.1. The minimum absolute atomic E-state index is 0.180. The number of aromatic nitrogens is 4. The number of aryl methyl sites for hydroxylation is 2. The number of amides is 1. The number of nitrogens with zero attached hydrogens (tertiary/aromatic N) is 4. The number of nitrogens with one attached hydrogen (secondary N) is 1. The average molecular weight is 419 g/mol. The van der Waals surface area contributed by atoms with E-state index in [1.54, 1.807) is 31.4 Å². The van der Waals surface area contributed by atoms with Crippen LogP contribution in [0.1, 0.15) is 11.1 Å². The van der Waals surface area contributed by atoms with E-state index in [0.717, 1.165) is 15.8 Å². The van der Waals surface area contributed by atoms with Crippen molar-refractivity contribution in [3.8, 4) is 17.4 Å². The number of hydrogen-bond acceptors (Lipinski definition) is 6. The Morgan fingerprint density at radius 1 is 1.06 bits per heavy atom. The third-order valence-corrected chi connectivity index (χ3v) is 4.55. The molecule has 0 spiro atoms. The molecule has 4 rings (SSSR count). The molecule has 0 radical (unpaired) electrons. The maximum absolute atomic E-state index is 12.7. The van der Waals surface area contributed by atoms with E-state index in [0.29, 0.717) is 17.2 Å². The van der Waals surface area contributed by atoms with Crippen LogP contribution in [0.3, 0.4) is 0 Å². The Hall–Kier alpha value is -4.14. The van der Waals surface area contributed by atoms with Crippen LogP contribution in [0.15, 0.2) is 59.7 Å². The molecule has 1 amide bonds. The summed E-state index contributed by atoms with van der Waals surface area (Å²) >= 11 is 0. The number of carbonyl (C=O) groups is 1. The first-order valence-corrected chi connectivity index (χ1v) is 9.57. The van der Waals surface area contributed by atoms with Gasteiger partial charge in [-0.3, -0.25) is 4.79 Å². The van der Waals surface area contributed by atoms with Crippen molar-refractivity contribution in [3.05, 3.63) is 76.5 Å². The summed E-state index contributed by atoms with van der Waals surface area (Å²) in [7, 11) is 1.57. The van der Waals surface area contributed by atoms with Crippen molar-refractivity contribution in [1.29, 1.82) is 0 Å². The van der Waals surface area contributed by atoms with Gasteiger partial charge in [0.15, 0.2) is 0 Å². The lowest BCUT2D eigenvalue weighted by Gasteiger charge is -2.07. The van der Waals surface area contributed by atoms with Gasteiger partial charge in [-0.1, -0.05) is 6.07 Å². The van der Waals surface area contributed by atoms with E-state index in [1.807, 2.05) is 32.0 Å². The van der Waals surface area contributed by atoms with Crippen molar-refractivity contribution in [2.75, 3.05) is 12.4 Å². The van der Waals surface area contributed by atoms with E-state index in [1.165, 1.54) is 16.8 Å². The molecule has 31 heavy (non-hydrogen) atoms. The van der Waals surface area contributed by atoms with Crippen molar-refractivity contribution in [1.82, 2.24) is 19.2 Å². The average Bonchev–Trinajstić information content (AvgIpc) is 3.04. The van der Waals surface area contributed by atoms with Gasteiger partial charge in [-0.15, -0.1) is 5.10 Å². The summed E-state index contributed by atoms with van der Waals surface area (Å²) in [6.07, 6.45) is 2.94. The van der Waals surface area contributed by atoms with Crippen LogP contribution in [0.5, 0.6) is 17.4 Å². The molecule has 4 aromatic rings. The molecule has 0 saturated heterocycles.